The number of hydrogen-bond donors (Lipinski definition) is 2. The highest BCUT2D eigenvalue weighted by molar-refractivity contribution is 6.27. The van der Waals surface area contributed by atoms with Gasteiger partial charge in [0.1, 0.15) is 5.75 Å². The van der Waals surface area contributed by atoms with Crippen LogP contribution in [0.4, 0.5) is 0 Å². The minimum atomic E-state index is -1.82. The summed E-state index contributed by atoms with van der Waals surface area (Å²) < 4.78 is 16.9. The lowest BCUT2D eigenvalue weighted by Gasteiger charge is -2.24. The first-order valence-corrected chi connectivity index (χ1v) is 12.2. The molecule has 2 N–H and O–H groups in total. The maximum Gasteiger partial charge on any atom is 0.414 e. The van der Waals surface area contributed by atoms with E-state index in [1.165, 1.54) is 22.3 Å². The SMILES string of the molecule is CCOc1ccccc1CN(CCc1ccc2c(c1)OCO2)Cc1ccc(CC)cc1.O=C(O)C(=O)O. The molecule has 3 aromatic carbocycles. The van der Waals surface area contributed by atoms with Crippen molar-refractivity contribution in [3.63, 3.8) is 0 Å². The average Bonchev–Trinajstić information content (AvgIpc) is 3.37. The van der Waals surface area contributed by atoms with E-state index in [1.807, 2.05) is 19.1 Å². The first-order valence-electron chi connectivity index (χ1n) is 12.2. The second-order valence-corrected chi connectivity index (χ2v) is 8.47. The lowest BCUT2D eigenvalue weighted by atomic mass is 10.1. The van der Waals surface area contributed by atoms with Crippen LogP contribution in [0, 0.1) is 0 Å². The van der Waals surface area contributed by atoms with Crippen molar-refractivity contribution in [2.75, 3.05) is 19.9 Å². The Bertz CT molecular complexity index is 1170. The quantitative estimate of drug-likeness (QED) is 0.378. The number of benzene rings is 3. The number of aliphatic carboxylic acids is 2. The fourth-order valence-corrected chi connectivity index (χ4v) is 3.91. The summed E-state index contributed by atoms with van der Waals surface area (Å²) >= 11 is 0. The first-order chi connectivity index (χ1) is 17.9. The molecule has 196 valence electrons. The molecule has 3 aromatic rings. The zero-order chi connectivity index (χ0) is 26.6. The highest BCUT2D eigenvalue weighted by Crippen LogP contribution is 2.32. The fraction of sp³-hybridized carbons (Fsp3) is 0.310. The van der Waals surface area contributed by atoms with Crippen LogP contribution in [-0.4, -0.2) is 47.0 Å². The zero-order valence-electron chi connectivity index (χ0n) is 21.2. The Labute approximate surface area is 217 Å². The molecule has 0 aromatic heterocycles. The molecule has 0 spiro atoms. The summed E-state index contributed by atoms with van der Waals surface area (Å²) in [6.07, 6.45) is 2.01. The molecule has 0 aliphatic carbocycles. The van der Waals surface area contributed by atoms with E-state index in [4.69, 9.17) is 34.0 Å². The summed E-state index contributed by atoms with van der Waals surface area (Å²) in [5, 5.41) is 14.8. The number of hydrogen-bond acceptors (Lipinski definition) is 6. The van der Waals surface area contributed by atoms with E-state index in [9.17, 15) is 0 Å². The second-order valence-electron chi connectivity index (χ2n) is 8.47. The van der Waals surface area contributed by atoms with E-state index in [2.05, 4.69) is 66.4 Å². The van der Waals surface area contributed by atoms with Gasteiger partial charge in [0.2, 0.25) is 6.79 Å². The highest BCUT2D eigenvalue weighted by atomic mass is 16.7. The molecule has 8 heteroatoms. The van der Waals surface area contributed by atoms with E-state index < -0.39 is 11.9 Å². The van der Waals surface area contributed by atoms with E-state index >= 15 is 0 Å². The van der Waals surface area contributed by atoms with E-state index in [0.29, 0.717) is 13.4 Å². The third kappa shape index (κ3) is 8.54. The molecule has 1 aliphatic rings. The number of ether oxygens (including phenoxy) is 3. The van der Waals surface area contributed by atoms with Crippen molar-refractivity contribution in [2.45, 2.75) is 39.8 Å². The number of carbonyl (C=O) groups is 2. The van der Waals surface area contributed by atoms with Gasteiger partial charge in [0.15, 0.2) is 11.5 Å². The van der Waals surface area contributed by atoms with Crippen LogP contribution in [-0.2, 0) is 35.5 Å². The Morgan fingerprint density at radius 1 is 0.838 bits per heavy atom. The van der Waals surface area contributed by atoms with Gasteiger partial charge in [-0.25, -0.2) is 9.59 Å². The van der Waals surface area contributed by atoms with Gasteiger partial charge in [0, 0.05) is 25.2 Å². The molecule has 1 aliphatic heterocycles. The smallest absolute Gasteiger partial charge is 0.414 e. The normalized spacial score (nSPS) is 11.5. The fourth-order valence-electron chi connectivity index (χ4n) is 3.91. The van der Waals surface area contributed by atoms with Gasteiger partial charge in [-0.2, -0.15) is 0 Å². The van der Waals surface area contributed by atoms with Gasteiger partial charge in [-0.3, -0.25) is 4.90 Å². The zero-order valence-corrected chi connectivity index (χ0v) is 21.2. The Morgan fingerprint density at radius 3 is 2.16 bits per heavy atom. The number of fused-ring (bicyclic) bond motifs is 1. The molecule has 4 rings (SSSR count). The van der Waals surface area contributed by atoms with Crippen molar-refractivity contribution in [3.05, 3.63) is 89.0 Å². The van der Waals surface area contributed by atoms with Gasteiger partial charge in [0.05, 0.1) is 6.61 Å². The van der Waals surface area contributed by atoms with Gasteiger partial charge >= 0.3 is 11.9 Å². The van der Waals surface area contributed by atoms with Gasteiger partial charge in [-0.1, -0.05) is 55.5 Å². The van der Waals surface area contributed by atoms with Crippen LogP contribution < -0.4 is 14.2 Å². The van der Waals surface area contributed by atoms with Crippen molar-refractivity contribution in [1.82, 2.24) is 4.90 Å². The van der Waals surface area contributed by atoms with Crippen LogP contribution in [0.3, 0.4) is 0 Å². The monoisotopic (exact) mass is 507 g/mol. The number of aryl methyl sites for hydroxylation is 1. The molecule has 0 saturated heterocycles. The summed E-state index contributed by atoms with van der Waals surface area (Å²) in [7, 11) is 0. The third-order valence-electron chi connectivity index (χ3n) is 5.84. The van der Waals surface area contributed by atoms with Gasteiger partial charge in [0.25, 0.3) is 0 Å². The lowest BCUT2D eigenvalue weighted by Crippen LogP contribution is -2.25. The van der Waals surface area contributed by atoms with Crippen molar-refractivity contribution >= 4 is 11.9 Å². The molecule has 0 unspecified atom stereocenters. The molecular formula is C29H33NO7. The third-order valence-corrected chi connectivity index (χ3v) is 5.84. The molecule has 37 heavy (non-hydrogen) atoms. The van der Waals surface area contributed by atoms with Crippen molar-refractivity contribution in [3.8, 4) is 17.2 Å². The van der Waals surface area contributed by atoms with Crippen LogP contribution in [0.15, 0.2) is 66.7 Å². The Balaban J connectivity index is 0.000000568. The topological polar surface area (TPSA) is 106 Å². The standard InChI is InChI=1S/C27H31NO3.C2H2O4/c1-3-21-9-11-23(12-10-21)18-28(19-24-7-5-6-8-25(24)29-4-2)16-15-22-13-14-26-27(17-22)31-20-30-26;3-1(4)2(5)6/h5-14,17H,3-4,15-16,18-20H2,1-2H3;(H,3,4)(H,5,6). The molecule has 0 fully saturated rings. The van der Waals surface area contributed by atoms with Crippen molar-refractivity contribution in [1.29, 1.82) is 0 Å². The maximum absolute atomic E-state index is 9.10. The Kier molecular flexibility index (Phi) is 10.3. The Morgan fingerprint density at radius 2 is 1.49 bits per heavy atom. The van der Waals surface area contributed by atoms with E-state index in [-0.39, 0.29) is 0 Å². The minimum absolute atomic E-state index is 0.312. The molecule has 0 amide bonds. The highest BCUT2D eigenvalue weighted by Gasteiger charge is 2.15. The molecule has 8 nitrogen and oxygen atoms in total. The minimum Gasteiger partial charge on any atom is -0.494 e. The second kappa shape index (κ2) is 13.9. The molecule has 1 heterocycles. The number of carboxylic acid groups (broad SMARTS) is 2. The number of carboxylic acids is 2. The van der Waals surface area contributed by atoms with Crippen LogP contribution in [0.2, 0.25) is 0 Å². The van der Waals surface area contributed by atoms with Gasteiger partial charge in [-0.05, 0) is 54.7 Å². The van der Waals surface area contributed by atoms with Gasteiger partial charge < -0.3 is 24.4 Å². The number of nitrogens with zero attached hydrogens (tertiary/aromatic N) is 1. The predicted molar refractivity (Wildman–Crippen MR) is 139 cm³/mol. The predicted octanol–water partition coefficient (Wildman–Crippen LogP) is 4.78. The lowest BCUT2D eigenvalue weighted by molar-refractivity contribution is -0.159. The Hall–Kier alpha value is -4.04. The summed E-state index contributed by atoms with van der Waals surface area (Å²) in [5.74, 6) is -0.993. The summed E-state index contributed by atoms with van der Waals surface area (Å²) in [6.45, 7) is 7.89. The van der Waals surface area contributed by atoms with Crippen molar-refractivity contribution in [2.24, 2.45) is 0 Å². The van der Waals surface area contributed by atoms with Crippen LogP contribution in [0.25, 0.3) is 0 Å². The summed E-state index contributed by atoms with van der Waals surface area (Å²) in [6, 6.07) is 23.6. The number of para-hydroxylation sites is 1. The first kappa shape index (κ1) is 27.5. The maximum atomic E-state index is 9.10. The number of rotatable bonds is 10. The van der Waals surface area contributed by atoms with Crippen molar-refractivity contribution < 1.29 is 34.0 Å². The average molecular weight is 508 g/mol. The molecule has 0 saturated carbocycles. The van der Waals surface area contributed by atoms with Gasteiger partial charge in [-0.15, -0.1) is 0 Å². The molecule has 0 radical (unpaired) electrons. The molecular weight excluding hydrogens is 474 g/mol. The largest absolute Gasteiger partial charge is 0.494 e. The summed E-state index contributed by atoms with van der Waals surface area (Å²) in [5.41, 5.74) is 5.18. The van der Waals surface area contributed by atoms with Crippen LogP contribution >= 0.6 is 0 Å². The van der Waals surface area contributed by atoms with E-state index in [1.54, 1.807) is 0 Å². The summed E-state index contributed by atoms with van der Waals surface area (Å²) in [4.78, 5) is 20.7. The van der Waals surface area contributed by atoms with E-state index in [0.717, 1.165) is 49.7 Å². The van der Waals surface area contributed by atoms with Crippen LogP contribution in [0.5, 0.6) is 17.2 Å². The molecule has 0 bridgehead atoms. The molecule has 0 atom stereocenters. The van der Waals surface area contributed by atoms with Crippen LogP contribution in [0.1, 0.15) is 36.1 Å².